The van der Waals surface area contributed by atoms with E-state index in [9.17, 15) is 14.4 Å². The van der Waals surface area contributed by atoms with Crippen molar-refractivity contribution in [2.24, 2.45) is 0 Å². The fourth-order valence-electron chi connectivity index (χ4n) is 2.18. The second-order valence-corrected chi connectivity index (χ2v) is 11.6. The molecule has 0 aliphatic rings. The van der Waals surface area contributed by atoms with E-state index in [4.69, 9.17) is 4.74 Å². The smallest absolute Gasteiger partial charge is 0.325 e. The summed E-state index contributed by atoms with van der Waals surface area (Å²) < 4.78 is 4.76. The molecule has 1 atom stereocenters. The Hall–Kier alpha value is -2.15. The monoisotopic (exact) mass is 350 g/mol. The van der Waals surface area contributed by atoms with Crippen molar-refractivity contribution in [3.05, 3.63) is 29.8 Å². The lowest BCUT2D eigenvalue weighted by molar-refractivity contribution is -0.143. The molecule has 0 fully saturated rings. The first-order valence-corrected chi connectivity index (χ1v) is 11.5. The summed E-state index contributed by atoms with van der Waals surface area (Å²) in [5, 5.41) is 6.31. The summed E-state index contributed by atoms with van der Waals surface area (Å²) in [6.45, 7) is 8.54. The van der Waals surface area contributed by atoms with Crippen LogP contribution in [-0.4, -0.2) is 45.6 Å². The molecule has 0 saturated heterocycles. The largest absolute Gasteiger partial charge is 0.465 e. The van der Waals surface area contributed by atoms with E-state index in [0.717, 1.165) is 5.56 Å². The van der Waals surface area contributed by atoms with Crippen molar-refractivity contribution in [1.82, 2.24) is 10.6 Å². The number of carbonyl (C=O) groups excluding carboxylic acids is 3. The predicted octanol–water partition coefficient (Wildman–Crippen LogP) is 0.568. The van der Waals surface area contributed by atoms with E-state index in [2.05, 4.69) is 42.4 Å². The normalized spacial score (nSPS) is 12.2. The van der Waals surface area contributed by atoms with Gasteiger partial charge >= 0.3 is 5.97 Å². The summed E-state index contributed by atoms with van der Waals surface area (Å²) >= 11 is 0. The minimum absolute atomic E-state index is 0.210. The summed E-state index contributed by atoms with van der Waals surface area (Å²) in [4.78, 5) is 34.2. The van der Waals surface area contributed by atoms with E-state index in [0.29, 0.717) is 12.8 Å². The van der Waals surface area contributed by atoms with Crippen LogP contribution < -0.4 is 15.8 Å². The van der Waals surface area contributed by atoms with Crippen LogP contribution in [0.1, 0.15) is 12.5 Å². The number of ether oxygens (including phenoxy) is 1. The SMILES string of the molecule is CCOC(=O)CNC(=O)C(Cc1ccc([Si](C)(C)C)cc1)NC=O. The molecule has 0 heterocycles. The molecule has 2 amide bonds. The number of esters is 1. The lowest BCUT2D eigenvalue weighted by Crippen LogP contribution is -2.46. The zero-order chi connectivity index (χ0) is 18.2. The van der Waals surface area contributed by atoms with Crippen molar-refractivity contribution in [2.45, 2.75) is 39.0 Å². The van der Waals surface area contributed by atoms with Crippen LogP contribution >= 0.6 is 0 Å². The topological polar surface area (TPSA) is 84.5 Å². The molecule has 2 N–H and O–H groups in total. The van der Waals surface area contributed by atoms with E-state index in [-0.39, 0.29) is 13.2 Å². The standard InChI is InChI=1S/C17H26N2O4Si/c1-5-23-16(21)11-18-17(22)15(19-12-20)10-13-6-8-14(9-7-13)24(2,3)4/h6-9,12,15H,5,10-11H2,1-4H3,(H,18,22)(H,19,20). The van der Waals surface area contributed by atoms with Gasteiger partial charge in [0, 0.05) is 6.42 Å². The maximum absolute atomic E-state index is 12.1. The molecule has 24 heavy (non-hydrogen) atoms. The minimum atomic E-state index is -1.37. The summed E-state index contributed by atoms with van der Waals surface area (Å²) in [7, 11) is -1.37. The number of nitrogens with one attached hydrogen (secondary N) is 2. The Balaban J connectivity index is 2.69. The highest BCUT2D eigenvalue weighted by atomic mass is 28.3. The molecule has 1 aromatic rings. The molecule has 0 spiro atoms. The highest BCUT2D eigenvalue weighted by Crippen LogP contribution is 2.07. The van der Waals surface area contributed by atoms with Gasteiger partial charge in [0.25, 0.3) is 0 Å². The fraction of sp³-hybridized carbons (Fsp3) is 0.471. The van der Waals surface area contributed by atoms with Crippen molar-refractivity contribution < 1.29 is 19.1 Å². The second-order valence-electron chi connectivity index (χ2n) is 6.51. The molecule has 6 nitrogen and oxygen atoms in total. The van der Waals surface area contributed by atoms with Gasteiger partial charge in [0.15, 0.2) is 0 Å². The number of hydrogen-bond donors (Lipinski definition) is 2. The van der Waals surface area contributed by atoms with Gasteiger partial charge in [-0.05, 0) is 12.5 Å². The van der Waals surface area contributed by atoms with E-state index in [1.54, 1.807) is 6.92 Å². The molecule has 0 radical (unpaired) electrons. The number of carbonyl (C=O) groups is 3. The molecule has 0 aliphatic carbocycles. The van der Waals surface area contributed by atoms with Gasteiger partial charge in [-0.3, -0.25) is 14.4 Å². The van der Waals surface area contributed by atoms with Gasteiger partial charge in [0.2, 0.25) is 12.3 Å². The van der Waals surface area contributed by atoms with Crippen LogP contribution in [0.15, 0.2) is 24.3 Å². The molecule has 0 aliphatic heterocycles. The van der Waals surface area contributed by atoms with E-state index < -0.39 is 26.0 Å². The number of hydrogen-bond acceptors (Lipinski definition) is 4. The van der Waals surface area contributed by atoms with Crippen LogP contribution in [0.3, 0.4) is 0 Å². The zero-order valence-electron chi connectivity index (χ0n) is 14.7. The molecule has 1 aromatic carbocycles. The molecule has 0 bridgehead atoms. The summed E-state index contributed by atoms with van der Waals surface area (Å²) in [6.07, 6.45) is 0.852. The van der Waals surface area contributed by atoms with E-state index in [1.165, 1.54) is 5.19 Å². The number of rotatable bonds is 9. The van der Waals surface area contributed by atoms with Crippen LogP contribution in [0.25, 0.3) is 0 Å². The Morgan fingerprint density at radius 2 is 1.83 bits per heavy atom. The molecule has 7 heteroatoms. The second kappa shape index (κ2) is 9.22. The third-order valence-corrected chi connectivity index (χ3v) is 5.62. The molecular formula is C17H26N2O4Si. The lowest BCUT2D eigenvalue weighted by atomic mass is 10.1. The van der Waals surface area contributed by atoms with Gasteiger partial charge in [-0.1, -0.05) is 49.1 Å². The summed E-state index contributed by atoms with van der Waals surface area (Å²) in [5.74, 6) is -0.917. The van der Waals surface area contributed by atoms with Gasteiger partial charge in [-0.15, -0.1) is 0 Å². The summed E-state index contributed by atoms with van der Waals surface area (Å²) in [5.41, 5.74) is 0.947. The highest BCUT2D eigenvalue weighted by Gasteiger charge is 2.20. The predicted molar refractivity (Wildman–Crippen MR) is 95.8 cm³/mol. The van der Waals surface area contributed by atoms with Crippen LogP contribution in [0, 0.1) is 0 Å². The average molecular weight is 350 g/mol. The van der Waals surface area contributed by atoms with Gasteiger partial charge in [-0.2, -0.15) is 0 Å². The van der Waals surface area contributed by atoms with Crippen molar-refractivity contribution in [3.8, 4) is 0 Å². The third-order valence-electron chi connectivity index (χ3n) is 3.56. The Kier molecular flexibility index (Phi) is 7.64. The van der Waals surface area contributed by atoms with E-state index >= 15 is 0 Å². The number of amides is 2. The van der Waals surface area contributed by atoms with Crippen LogP contribution in [0.5, 0.6) is 0 Å². The van der Waals surface area contributed by atoms with Crippen molar-refractivity contribution in [1.29, 1.82) is 0 Å². The Morgan fingerprint density at radius 1 is 1.21 bits per heavy atom. The van der Waals surface area contributed by atoms with Crippen molar-refractivity contribution in [2.75, 3.05) is 13.2 Å². The first-order valence-electron chi connectivity index (χ1n) is 8.00. The third kappa shape index (κ3) is 6.53. The van der Waals surface area contributed by atoms with Crippen LogP contribution in [0.2, 0.25) is 19.6 Å². The average Bonchev–Trinajstić information content (AvgIpc) is 2.52. The fourth-order valence-corrected chi connectivity index (χ4v) is 3.35. The van der Waals surface area contributed by atoms with Gasteiger partial charge in [0.1, 0.15) is 12.6 Å². The van der Waals surface area contributed by atoms with Gasteiger partial charge < -0.3 is 15.4 Å². The Labute approximate surface area is 144 Å². The Morgan fingerprint density at radius 3 is 2.33 bits per heavy atom. The van der Waals surface area contributed by atoms with Crippen LogP contribution in [-0.2, 0) is 25.5 Å². The first-order chi connectivity index (χ1) is 11.3. The van der Waals surface area contributed by atoms with Crippen LogP contribution in [0.4, 0.5) is 0 Å². The molecular weight excluding hydrogens is 324 g/mol. The minimum Gasteiger partial charge on any atom is -0.465 e. The maximum Gasteiger partial charge on any atom is 0.325 e. The molecule has 0 saturated carbocycles. The summed E-state index contributed by atoms with van der Waals surface area (Å²) in [6, 6.07) is 7.39. The van der Waals surface area contributed by atoms with E-state index in [1.807, 2.05) is 12.1 Å². The first kappa shape index (κ1) is 19.9. The lowest BCUT2D eigenvalue weighted by Gasteiger charge is -2.18. The maximum atomic E-state index is 12.1. The molecule has 0 aromatic heterocycles. The molecule has 1 unspecified atom stereocenters. The Bertz CT molecular complexity index is 567. The highest BCUT2D eigenvalue weighted by molar-refractivity contribution is 6.88. The zero-order valence-corrected chi connectivity index (χ0v) is 15.7. The quantitative estimate of drug-likeness (QED) is 0.387. The van der Waals surface area contributed by atoms with Gasteiger partial charge in [0.05, 0.1) is 14.7 Å². The number of benzene rings is 1. The van der Waals surface area contributed by atoms with Crippen molar-refractivity contribution in [3.63, 3.8) is 0 Å². The van der Waals surface area contributed by atoms with Crippen molar-refractivity contribution >= 4 is 31.5 Å². The van der Waals surface area contributed by atoms with Gasteiger partial charge in [-0.25, -0.2) is 0 Å². The molecule has 1 rings (SSSR count). The molecule has 132 valence electrons.